The Morgan fingerprint density at radius 1 is 1.06 bits per heavy atom. The van der Waals surface area contributed by atoms with Crippen LogP contribution in [0.2, 0.25) is 0 Å². The van der Waals surface area contributed by atoms with Gasteiger partial charge >= 0.3 is 5.97 Å². The summed E-state index contributed by atoms with van der Waals surface area (Å²) in [5.74, 6) is 0.195. The number of hydrogen-bond donors (Lipinski definition) is 1. The summed E-state index contributed by atoms with van der Waals surface area (Å²) >= 11 is 1.50. The van der Waals surface area contributed by atoms with Crippen molar-refractivity contribution in [1.82, 2.24) is 4.98 Å². The second-order valence-corrected chi connectivity index (χ2v) is 8.42. The quantitative estimate of drug-likeness (QED) is 0.395. The molecule has 0 spiro atoms. The molecule has 166 valence electrons. The van der Waals surface area contributed by atoms with E-state index < -0.39 is 18.0 Å². The van der Waals surface area contributed by atoms with Gasteiger partial charge in [-0.15, -0.1) is 11.3 Å². The number of carbonyl (C=O) groups is 2. The molecule has 7 nitrogen and oxygen atoms in total. The fourth-order valence-electron chi connectivity index (χ4n) is 3.55. The molecule has 3 aromatic carbocycles. The van der Waals surface area contributed by atoms with Crippen LogP contribution in [0.15, 0.2) is 66.7 Å². The van der Waals surface area contributed by atoms with Gasteiger partial charge in [0.25, 0.3) is 5.91 Å². The molecule has 33 heavy (non-hydrogen) atoms. The number of thiazole rings is 1. The molecule has 1 aliphatic rings. The largest absolute Gasteiger partial charge is 0.454 e. The first kappa shape index (κ1) is 21.0. The topological polar surface area (TPSA) is 86.8 Å². The lowest BCUT2D eigenvalue weighted by molar-refractivity contribution is -0.124. The summed E-state index contributed by atoms with van der Waals surface area (Å²) in [5, 5.41) is 3.51. The molecular formula is C25H20N2O5S. The van der Waals surface area contributed by atoms with E-state index >= 15 is 0 Å². The first-order valence-corrected chi connectivity index (χ1v) is 11.3. The number of benzene rings is 3. The number of anilines is 1. The van der Waals surface area contributed by atoms with E-state index in [2.05, 4.69) is 10.3 Å². The zero-order valence-corrected chi connectivity index (χ0v) is 18.6. The predicted octanol–water partition coefficient (Wildman–Crippen LogP) is 5.27. The van der Waals surface area contributed by atoms with E-state index in [9.17, 15) is 9.59 Å². The van der Waals surface area contributed by atoms with Crippen LogP contribution in [0.5, 0.6) is 11.5 Å². The van der Waals surface area contributed by atoms with Crippen LogP contribution in [0.25, 0.3) is 20.8 Å². The molecule has 4 aromatic rings. The zero-order chi connectivity index (χ0) is 22.8. The van der Waals surface area contributed by atoms with E-state index in [1.165, 1.54) is 11.3 Å². The Kier molecular flexibility index (Phi) is 5.66. The number of rotatable bonds is 6. The fraction of sp³-hybridized carbons (Fsp3) is 0.160. The standard InChI is InChI=1S/C25H20N2O5S/c1-2-19(23(28)26-15-11-12-20-21(13-15)31-14-30-20)32-25(29)17-8-4-3-7-16(17)24-27-18-9-5-6-10-22(18)33-24/h3-13,19H,2,14H2,1H3,(H,26,28). The highest BCUT2D eigenvalue weighted by atomic mass is 32.1. The van der Waals surface area contributed by atoms with E-state index in [4.69, 9.17) is 14.2 Å². The predicted molar refractivity (Wildman–Crippen MR) is 126 cm³/mol. The molecule has 1 unspecified atom stereocenters. The second-order valence-electron chi connectivity index (χ2n) is 7.39. The summed E-state index contributed by atoms with van der Waals surface area (Å²) in [7, 11) is 0. The van der Waals surface area contributed by atoms with Crippen molar-refractivity contribution in [3.05, 3.63) is 72.3 Å². The third kappa shape index (κ3) is 4.25. The van der Waals surface area contributed by atoms with Gasteiger partial charge in [-0.2, -0.15) is 0 Å². The molecule has 1 amide bonds. The van der Waals surface area contributed by atoms with E-state index in [0.29, 0.717) is 34.7 Å². The van der Waals surface area contributed by atoms with Crippen LogP contribution >= 0.6 is 11.3 Å². The van der Waals surface area contributed by atoms with Crippen molar-refractivity contribution < 1.29 is 23.8 Å². The molecule has 1 aliphatic heterocycles. The smallest absolute Gasteiger partial charge is 0.339 e. The van der Waals surface area contributed by atoms with Crippen LogP contribution in [-0.2, 0) is 9.53 Å². The lowest BCUT2D eigenvalue weighted by Gasteiger charge is -2.17. The minimum Gasteiger partial charge on any atom is -0.454 e. The van der Waals surface area contributed by atoms with Gasteiger partial charge < -0.3 is 19.5 Å². The molecular weight excluding hydrogens is 440 g/mol. The minimum absolute atomic E-state index is 0.149. The highest BCUT2D eigenvalue weighted by molar-refractivity contribution is 7.21. The highest BCUT2D eigenvalue weighted by Gasteiger charge is 2.25. The lowest BCUT2D eigenvalue weighted by Crippen LogP contribution is -2.32. The fourth-order valence-corrected chi connectivity index (χ4v) is 4.55. The molecule has 1 aromatic heterocycles. The van der Waals surface area contributed by atoms with Crippen molar-refractivity contribution in [2.75, 3.05) is 12.1 Å². The molecule has 0 fully saturated rings. The molecule has 8 heteroatoms. The van der Waals surface area contributed by atoms with E-state index in [1.54, 1.807) is 37.3 Å². The SMILES string of the molecule is CCC(OC(=O)c1ccccc1-c1nc2ccccc2s1)C(=O)Nc1ccc2c(c1)OCO2. The van der Waals surface area contributed by atoms with Gasteiger partial charge in [0.2, 0.25) is 6.79 Å². The number of hydrogen-bond acceptors (Lipinski definition) is 7. The van der Waals surface area contributed by atoms with Crippen LogP contribution in [0.3, 0.4) is 0 Å². The van der Waals surface area contributed by atoms with Crippen LogP contribution in [0.4, 0.5) is 5.69 Å². The number of carbonyl (C=O) groups excluding carboxylic acids is 2. The van der Waals surface area contributed by atoms with E-state index in [-0.39, 0.29) is 6.79 Å². The molecule has 0 aliphatic carbocycles. The summed E-state index contributed by atoms with van der Waals surface area (Å²) in [6.07, 6.45) is -0.628. The molecule has 5 rings (SSSR count). The van der Waals surface area contributed by atoms with Gasteiger partial charge in [-0.05, 0) is 36.8 Å². The highest BCUT2D eigenvalue weighted by Crippen LogP contribution is 2.35. The number of fused-ring (bicyclic) bond motifs is 2. The number of ether oxygens (including phenoxy) is 3. The Morgan fingerprint density at radius 2 is 1.85 bits per heavy atom. The first-order valence-electron chi connectivity index (χ1n) is 10.5. The Bertz CT molecular complexity index is 1320. The normalized spacial score (nSPS) is 13.0. The van der Waals surface area contributed by atoms with Gasteiger partial charge in [0.1, 0.15) is 5.01 Å². The van der Waals surface area contributed by atoms with Crippen molar-refractivity contribution in [1.29, 1.82) is 0 Å². The molecule has 0 radical (unpaired) electrons. The maximum absolute atomic E-state index is 13.1. The van der Waals surface area contributed by atoms with Gasteiger partial charge in [-0.3, -0.25) is 4.79 Å². The molecule has 0 bridgehead atoms. The summed E-state index contributed by atoms with van der Waals surface area (Å²) in [6.45, 7) is 1.94. The molecule has 2 heterocycles. The summed E-state index contributed by atoms with van der Waals surface area (Å²) in [6, 6.07) is 20.1. The summed E-state index contributed by atoms with van der Waals surface area (Å²) in [4.78, 5) is 30.5. The monoisotopic (exact) mass is 460 g/mol. The van der Waals surface area contributed by atoms with Crippen molar-refractivity contribution in [2.45, 2.75) is 19.4 Å². The number of amides is 1. The molecule has 1 atom stereocenters. The van der Waals surface area contributed by atoms with Crippen molar-refractivity contribution >= 4 is 39.1 Å². The first-order chi connectivity index (χ1) is 16.1. The van der Waals surface area contributed by atoms with Gasteiger partial charge in [-0.25, -0.2) is 9.78 Å². The van der Waals surface area contributed by atoms with Gasteiger partial charge in [0.05, 0.1) is 15.8 Å². The third-order valence-corrected chi connectivity index (χ3v) is 6.29. The Morgan fingerprint density at radius 3 is 2.70 bits per heavy atom. The number of nitrogens with one attached hydrogen (secondary N) is 1. The van der Waals surface area contributed by atoms with Crippen LogP contribution in [0, 0.1) is 0 Å². The van der Waals surface area contributed by atoms with E-state index in [0.717, 1.165) is 15.2 Å². The molecule has 0 saturated heterocycles. The van der Waals surface area contributed by atoms with Crippen LogP contribution in [-0.4, -0.2) is 29.8 Å². The van der Waals surface area contributed by atoms with Gasteiger partial charge in [0.15, 0.2) is 17.6 Å². The molecule has 0 saturated carbocycles. The van der Waals surface area contributed by atoms with Crippen molar-refractivity contribution in [2.24, 2.45) is 0 Å². The third-order valence-electron chi connectivity index (χ3n) is 5.22. The number of aromatic nitrogens is 1. The summed E-state index contributed by atoms with van der Waals surface area (Å²) in [5.41, 5.74) is 2.45. The lowest BCUT2D eigenvalue weighted by atomic mass is 10.1. The zero-order valence-electron chi connectivity index (χ0n) is 17.7. The molecule has 1 N–H and O–H groups in total. The maximum Gasteiger partial charge on any atom is 0.339 e. The number of esters is 1. The van der Waals surface area contributed by atoms with Gasteiger partial charge in [-0.1, -0.05) is 37.3 Å². The Balaban J connectivity index is 1.34. The Hall–Kier alpha value is -3.91. The van der Waals surface area contributed by atoms with Crippen LogP contribution in [0.1, 0.15) is 23.7 Å². The number of para-hydroxylation sites is 1. The van der Waals surface area contributed by atoms with Crippen molar-refractivity contribution in [3.63, 3.8) is 0 Å². The average molecular weight is 461 g/mol. The summed E-state index contributed by atoms with van der Waals surface area (Å²) < 4.78 is 17.3. The number of nitrogens with zero attached hydrogens (tertiary/aromatic N) is 1. The minimum atomic E-state index is -0.952. The van der Waals surface area contributed by atoms with Crippen LogP contribution < -0.4 is 14.8 Å². The van der Waals surface area contributed by atoms with Crippen molar-refractivity contribution in [3.8, 4) is 22.1 Å². The second kappa shape index (κ2) is 8.91. The Labute approximate surface area is 193 Å². The maximum atomic E-state index is 13.1. The average Bonchev–Trinajstić information content (AvgIpc) is 3.48. The van der Waals surface area contributed by atoms with E-state index in [1.807, 2.05) is 36.4 Å². The van der Waals surface area contributed by atoms with Gasteiger partial charge in [0, 0.05) is 17.3 Å².